The van der Waals surface area contributed by atoms with Crippen LogP contribution in [0.15, 0.2) is 24.4 Å². The molecule has 0 bridgehead atoms. The maximum absolute atomic E-state index is 12.2. The summed E-state index contributed by atoms with van der Waals surface area (Å²) in [6, 6.07) is 5.33. The Morgan fingerprint density at radius 1 is 1.16 bits per heavy atom. The fraction of sp³-hybridized carbons (Fsp3) is 0.421. The molecule has 1 aromatic carbocycles. The van der Waals surface area contributed by atoms with Crippen molar-refractivity contribution in [2.45, 2.75) is 19.1 Å². The highest BCUT2D eigenvalue weighted by molar-refractivity contribution is 7.88. The summed E-state index contributed by atoms with van der Waals surface area (Å²) >= 11 is 0. The minimum Gasteiger partial charge on any atom is -0.473 e. The van der Waals surface area contributed by atoms with E-state index in [4.69, 9.17) is 24.5 Å². The first kappa shape index (κ1) is 26.1. The summed E-state index contributed by atoms with van der Waals surface area (Å²) in [6.07, 6.45) is 2.10. The van der Waals surface area contributed by atoms with Crippen LogP contribution in [-0.4, -0.2) is 80.4 Å². The molecule has 0 fully saturated rings. The van der Waals surface area contributed by atoms with Crippen molar-refractivity contribution < 1.29 is 37.8 Å². The second-order valence-corrected chi connectivity index (χ2v) is 8.63. The van der Waals surface area contributed by atoms with Gasteiger partial charge in [0.1, 0.15) is 0 Å². The Morgan fingerprint density at radius 2 is 1.77 bits per heavy atom. The lowest BCUT2D eigenvalue weighted by Gasteiger charge is -2.08. The van der Waals surface area contributed by atoms with Crippen molar-refractivity contribution in [3.8, 4) is 0 Å². The Hall–Kier alpha value is -2.96. The molecule has 0 saturated heterocycles. The summed E-state index contributed by atoms with van der Waals surface area (Å²) < 4.78 is 32.5. The zero-order chi connectivity index (χ0) is 23.8. The van der Waals surface area contributed by atoms with E-state index in [1.165, 1.54) is 11.6 Å². The van der Waals surface area contributed by atoms with Gasteiger partial charge >= 0.3 is 18.0 Å². The summed E-state index contributed by atoms with van der Waals surface area (Å²) in [7, 11) is 2.01. The number of sulfonamides is 1. The van der Waals surface area contributed by atoms with Crippen LogP contribution in [0.3, 0.4) is 0 Å². The van der Waals surface area contributed by atoms with E-state index in [9.17, 15) is 13.2 Å². The Morgan fingerprint density at radius 3 is 2.26 bits per heavy atom. The highest BCUT2D eigenvalue weighted by Crippen LogP contribution is 2.25. The molecule has 0 atom stereocenters. The van der Waals surface area contributed by atoms with Crippen molar-refractivity contribution in [1.82, 2.24) is 14.2 Å². The monoisotopic (exact) mass is 457 g/mol. The molecule has 0 aliphatic carbocycles. The molecule has 1 aromatic heterocycles. The lowest BCUT2D eigenvalue weighted by atomic mass is 10.1. The highest BCUT2D eigenvalue weighted by atomic mass is 32.2. The number of benzene rings is 1. The number of fused-ring (bicyclic) bond motifs is 1. The molecule has 172 valence electrons. The third kappa shape index (κ3) is 8.00. The van der Waals surface area contributed by atoms with Gasteiger partial charge in [-0.2, -0.15) is 0 Å². The van der Waals surface area contributed by atoms with E-state index in [1.54, 1.807) is 25.3 Å². The minimum atomic E-state index is -3.35. The van der Waals surface area contributed by atoms with E-state index < -0.39 is 28.1 Å². The first-order valence-corrected chi connectivity index (χ1v) is 10.9. The number of aromatic nitrogens is 1. The quantitative estimate of drug-likeness (QED) is 0.515. The van der Waals surface area contributed by atoms with Crippen LogP contribution in [0.2, 0.25) is 0 Å². The SMILES string of the molecule is CCOC(=O)n1cc(CCN(C)C)c2cc(CS(=O)(=O)NC)ccc21.O=C(O)C(=O)O. The fourth-order valence-corrected chi connectivity index (χ4v) is 3.38. The van der Waals surface area contributed by atoms with Crippen molar-refractivity contribution in [2.75, 3.05) is 34.3 Å². The minimum absolute atomic E-state index is 0.100. The molecule has 0 radical (unpaired) electrons. The molecule has 0 aliphatic rings. The number of aliphatic carboxylic acids is 2. The highest BCUT2D eigenvalue weighted by Gasteiger charge is 2.17. The van der Waals surface area contributed by atoms with Crippen LogP contribution in [0.4, 0.5) is 4.79 Å². The van der Waals surface area contributed by atoms with Crippen molar-refractivity contribution in [3.05, 3.63) is 35.5 Å². The van der Waals surface area contributed by atoms with Gasteiger partial charge in [-0.3, -0.25) is 4.57 Å². The number of nitrogens with zero attached hydrogens (tertiary/aromatic N) is 2. The van der Waals surface area contributed by atoms with Crippen LogP contribution in [0.5, 0.6) is 0 Å². The predicted molar refractivity (Wildman–Crippen MR) is 114 cm³/mol. The number of carboxylic acids is 2. The van der Waals surface area contributed by atoms with Crippen LogP contribution < -0.4 is 4.72 Å². The van der Waals surface area contributed by atoms with Gasteiger partial charge in [-0.15, -0.1) is 0 Å². The molecule has 3 N–H and O–H groups in total. The summed E-state index contributed by atoms with van der Waals surface area (Å²) in [5, 5.41) is 15.7. The number of hydrogen-bond acceptors (Lipinski definition) is 7. The van der Waals surface area contributed by atoms with Crippen LogP contribution >= 0.6 is 0 Å². The average molecular weight is 458 g/mol. The second kappa shape index (κ2) is 11.4. The van der Waals surface area contributed by atoms with E-state index in [0.717, 1.165) is 29.4 Å². The molecule has 0 spiro atoms. The normalized spacial score (nSPS) is 11.1. The molecule has 1 heterocycles. The van der Waals surface area contributed by atoms with Gasteiger partial charge in [0.05, 0.1) is 17.9 Å². The number of carbonyl (C=O) groups excluding carboxylic acids is 1. The van der Waals surface area contributed by atoms with E-state index in [-0.39, 0.29) is 5.75 Å². The van der Waals surface area contributed by atoms with Crippen molar-refractivity contribution >= 4 is 39.0 Å². The van der Waals surface area contributed by atoms with Crippen LogP contribution in [-0.2, 0) is 36.5 Å². The molecule has 0 aliphatic heterocycles. The molecular weight excluding hydrogens is 430 g/mol. The summed E-state index contributed by atoms with van der Waals surface area (Å²) in [4.78, 5) is 32.5. The van der Waals surface area contributed by atoms with E-state index >= 15 is 0 Å². The topological polar surface area (TPSA) is 155 Å². The first-order valence-electron chi connectivity index (χ1n) is 9.24. The van der Waals surface area contributed by atoms with E-state index in [0.29, 0.717) is 12.2 Å². The standard InChI is InChI=1S/C17H25N3O4S.C2H2O4/c1-5-24-17(21)20-11-14(8-9-19(3)4)15-10-13(6-7-16(15)20)12-25(22,23)18-2;3-1(4)2(5)6/h6-7,10-11,18H,5,8-9,12H2,1-4H3;(H,3,4)(H,5,6). The largest absolute Gasteiger partial charge is 0.473 e. The maximum atomic E-state index is 12.2. The summed E-state index contributed by atoms with van der Waals surface area (Å²) in [5.41, 5.74) is 2.38. The maximum Gasteiger partial charge on any atom is 0.418 e. The Balaban J connectivity index is 0.000000703. The summed E-state index contributed by atoms with van der Waals surface area (Å²) in [5.74, 6) is -3.75. The predicted octanol–water partition coefficient (Wildman–Crippen LogP) is 0.955. The lowest BCUT2D eigenvalue weighted by molar-refractivity contribution is -0.159. The number of carbonyl (C=O) groups is 3. The molecule has 12 heteroatoms. The van der Waals surface area contributed by atoms with Gasteiger partial charge in [-0.25, -0.2) is 27.5 Å². The number of rotatable bonds is 7. The lowest BCUT2D eigenvalue weighted by Crippen LogP contribution is -2.20. The van der Waals surface area contributed by atoms with Gasteiger partial charge in [-0.05, 0) is 57.7 Å². The van der Waals surface area contributed by atoms with E-state index in [1.807, 2.05) is 20.2 Å². The molecular formula is C19H27N3O8S. The number of ether oxygens (including phenoxy) is 1. The fourth-order valence-electron chi connectivity index (χ4n) is 2.61. The van der Waals surface area contributed by atoms with Gasteiger partial charge in [-0.1, -0.05) is 6.07 Å². The molecule has 0 unspecified atom stereocenters. The number of carboxylic acid groups (broad SMARTS) is 2. The van der Waals surface area contributed by atoms with Gasteiger partial charge in [0.2, 0.25) is 10.0 Å². The summed E-state index contributed by atoms with van der Waals surface area (Å²) in [6.45, 7) is 2.88. The third-order valence-corrected chi connectivity index (χ3v) is 5.43. The van der Waals surface area contributed by atoms with Crippen molar-refractivity contribution in [2.24, 2.45) is 0 Å². The Kier molecular flexibility index (Phi) is 9.62. The zero-order valence-corrected chi connectivity index (χ0v) is 18.6. The van der Waals surface area contributed by atoms with Crippen molar-refractivity contribution in [1.29, 1.82) is 0 Å². The number of nitrogens with one attached hydrogen (secondary N) is 1. The van der Waals surface area contributed by atoms with Gasteiger partial charge < -0.3 is 19.8 Å². The molecule has 0 amide bonds. The third-order valence-electron chi connectivity index (χ3n) is 4.09. The van der Waals surface area contributed by atoms with Crippen LogP contribution in [0.1, 0.15) is 18.1 Å². The van der Waals surface area contributed by atoms with E-state index in [2.05, 4.69) is 9.62 Å². The number of hydrogen-bond donors (Lipinski definition) is 3. The van der Waals surface area contributed by atoms with Crippen LogP contribution in [0, 0.1) is 0 Å². The average Bonchev–Trinajstić information content (AvgIpc) is 3.04. The smallest absolute Gasteiger partial charge is 0.418 e. The zero-order valence-electron chi connectivity index (χ0n) is 17.8. The van der Waals surface area contributed by atoms with Crippen molar-refractivity contribution in [3.63, 3.8) is 0 Å². The molecule has 2 rings (SSSR count). The molecule has 31 heavy (non-hydrogen) atoms. The number of likely N-dealkylation sites (N-methyl/N-ethyl adjacent to an activating group) is 1. The van der Waals surface area contributed by atoms with Gasteiger partial charge in [0.15, 0.2) is 0 Å². The Bertz CT molecular complexity index is 1030. The Labute approximate surface area is 180 Å². The second-order valence-electron chi connectivity index (χ2n) is 6.70. The molecule has 0 saturated carbocycles. The first-order chi connectivity index (χ1) is 14.4. The molecule has 2 aromatic rings. The van der Waals surface area contributed by atoms with Gasteiger partial charge in [0.25, 0.3) is 0 Å². The molecule has 11 nitrogen and oxygen atoms in total. The van der Waals surface area contributed by atoms with Gasteiger partial charge in [0, 0.05) is 18.1 Å². The van der Waals surface area contributed by atoms with Crippen LogP contribution in [0.25, 0.3) is 10.9 Å².